The van der Waals surface area contributed by atoms with Crippen molar-refractivity contribution in [3.63, 3.8) is 0 Å². The lowest BCUT2D eigenvalue weighted by molar-refractivity contribution is 0.101. The van der Waals surface area contributed by atoms with Crippen molar-refractivity contribution in [2.45, 2.75) is 20.8 Å². The van der Waals surface area contributed by atoms with Crippen LogP contribution in [0.15, 0.2) is 60.8 Å². The van der Waals surface area contributed by atoms with Crippen LogP contribution in [-0.4, -0.2) is 16.7 Å². The van der Waals surface area contributed by atoms with Gasteiger partial charge < -0.3 is 10.6 Å². The molecule has 0 aliphatic heterocycles. The summed E-state index contributed by atoms with van der Waals surface area (Å²) in [4.78, 5) is 28.4. The fraction of sp³-hybridized carbons (Fsp3) is 0.136. The lowest BCUT2D eigenvalue weighted by Gasteiger charge is -2.11. The molecule has 0 bridgehead atoms. The fourth-order valence-corrected chi connectivity index (χ4v) is 2.67. The highest BCUT2D eigenvalue weighted by Gasteiger charge is 2.09. The van der Waals surface area contributed by atoms with Crippen LogP contribution in [0.4, 0.5) is 17.2 Å². The first-order valence-corrected chi connectivity index (χ1v) is 8.65. The van der Waals surface area contributed by atoms with Crippen LogP contribution in [0.3, 0.4) is 0 Å². The van der Waals surface area contributed by atoms with E-state index < -0.39 is 0 Å². The Labute approximate surface area is 158 Å². The Hall–Kier alpha value is -3.47. The summed E-state index contributed by atoms with van der Waals surface area (Å²) in [6.07, 6.45) is 1.59. The van der Waals surface area contributed by atoms with Gasteiger partial charge in [-0.15, -0.1) is 0 Å². The number of Topliss-reactive ketones (excluding diaryl/α,β-unsaturated/α-hetero) is 1. The molecule has 27 heavy (non-hydrogen) atoms. The summed E-state index contributed by atoms with van der Waals surface area (Å²) in [6.45, 7) is 5.53. The number of anilines is 3. The molecule has 1 amide bonds. The molecule has 0 radical (unpaired) electrons. The molecule has 0 aliphatic rings. The molecule has 2 N–H and O–H groups in total. The van der Waals surface area contributed by atoms with Crippen molar-refractivity contribution in [2.24, 2.45) is 0 Å². The molecule has 3 rings (SSSR count). The summed E-state index contributed by atoms with van der Waals surface area (Å²) in [5.41, 5.74) is 4.80. The Bertz CT molecular complexity index is 1010. The Morgan fingerprint density at radius 1 is 0.926 bits per heavy atom. The van der Waals surface area contributed by atoms with E-state index in [2.05, 4.69) is 15.6 Å². The summed E-state index contributed by atoms with van der Waals surface area (Å²) in [5, 5.41) is 6.08. The number of rotatable bonds is 5. The van der Waals surface area contributed by atoms with Crippen LogP contribution in [0.1, 0.15) is 38.8 Å². The SMILES string of the molecule is CC(=O)c1cccc(NC(=O)c2ccnc(Nc3cc(C)ccc3C)c2)c1. The molecule has 1 heterocycles. The maximum atomic E-state index is 12.6. The lowest BCUT2D eigenvalue weighted by atomic mass is 10.1. The van der Waals surface area contributed by atoms with Gasteiger partial charge in [-0.05, 0) is 62.2 Å². The van der Waals surface area contributed by atoms with Crippen LogP contribution in [0.2, 0.25) is 0 Å². The van der Waals surface area contributed by atoms with Gasteiger partial charge in [-0.3, -0.25) is 9.59 Å². The topological polar surface area (TPSA) is 71.1 Å². The van der Waals surface area contributed by atoms with E-state index >= 15 is 0 Å². The van der Waals surface area contributed by atoms with Gasteiger partial charge in [-0.25, -0.2) is 4.98 Å². The molecule has 3 aromatic rings. The average Bonchev–Trinajstić information content (AvgIpc) is 2.65. The van der Waals surface area contributed by atoms with Crippen LogP contribution in [0.25, 0.3) is 0 Å². The van der Waals surface area contributed by atoms with Crippen molar-refractivity contribution in [2.75, 3.05) is 10.6 Å². The number of carbonyl (C=O) groups excluding carboxylic acids is 2. The van der Waals surface area contributed by atoms with Gasteiger partial charge >= 0.3 is 0 Å². The molecule has 0 atom stereocenters. The maximum Gasteiger partial charge on any atom is 0.255 e. The number of aryl methyl sites for hydroxylation is 2. The number of ketones is 1. The fourth-order valence-electron chi connectivity index (χ4n) is 2.67. The van der Waals surface area contributed by atoms with Gasteiger partial charge in [0.25, 0.3) is 5.91 Å². The predicted molar refractivity (Wildman–Crippen MR) is 108 cm³/mol. The minimum atomic E-state index is -0.262. The van der Waals surface area contributed by atoms with E-state index in [0.717, 1.165) is 16.8 Å². The third-order valence-corrected chi connectivity index (χ3v) is 4.20. The van der Waals surface area contributed by atoms with E-state index in [1.54, 1.807) is 42.6 Å². The second kappa shape index (κ2) is 7.83. The highest BCUT2D eigenvalue weighted by Crippen LogP contribution is 2.21. The van der Waals surface area contributed by atoms with Gasteiger partial charge in [0.1, 0.15) is 5.82 Å². The zero-order valence-corrected chi connectivity index (χ0v) is 15.5. The third-order valence-electron chi connectivity index (χ3n) is 4.20. The molecule has 5 nitrogen and oxygen atoms in total. The number of amides is 1. The number of hydrogen-bond donors (Lipinski definition) is 2. The highest BCUT2D eigenvalue weighted by atomic mass is 16.1. The molecular formula is C22H21N3O2. The van der Waals surface area contributed by atoms with E-state index in [9.17, 15) is 9.59 Å². The van der Waals surface area contributed by atoms with Gasteiger partial charge in [0, 0.05) is 28.7 Å². The second-order valence-corrected chi connectivity index (χ2v) is 6.46. The van der Waals surface area contributed by atoms with Gasteiger partial charge in [-0.1, -0.05) is 24.3 Å². The van der Waals surface area contributed by atoms with Crippen molar-refractivity contribution in [1.82, 2.24) is 4.98 Å². The predicted octanol–water partition coefficient (Wildman–Crippen LogP) is 4.90. The smallest absolute Gasteiger partial charge is 0.255 e. The molecule has 0 fully saturated rings. The molecule has 2 aromatic carbocycles. The van der Waals surface area contributed by atoms with E-state index in [-0.39, 0.29) is 11.7 Å². The highest BCUT2D eigenvalue weighted by molar-refractivity contribution is 6.05. The zero-order chi connectivity index (χ0) is 19.4. The van der Waals surface area contributed by atoms with E-state index in [1.165, 1.54) is 6.92 Å². The van der Waals surface area contributed by atoms with E-state index in [1.807, 2.05) is 32.0 Å². The van der Waals surface area contributed by atoms with E-state index in [4.69, 9.17) is 0 Å². The monoisotopic (exact) mass is 359 g/mol. The van der Waals surface area contributed by atoms with Crippen LogP contribution in [0, 0.1) is 13.8 Å². The molecule has 5 heteroatoms. The maximum absolute atomic E-state index is 12.6. The van der Waals surface area contributed by atoms with Gasteiger partial charge in [0.2, 0.25) is 0 Å². The quantitative estimate of drug-likeness (QED) is 0.636. The summed E-state index contributed by atoms with van der Waals surface area (Å²) in [7, 11) is 0. The normalized spacial score (nSPS) is 10.3. The minimum absolute atomic E-state index is 0.0463. The standard InChI is InChI=1S/C22H21N3O2/c1-14-7-8-15(2)20(11-14)25-21-13-18(9-10-23-21)22(27)24-19-6-4-5-17(12-19)16(3)26/h4-13H,1-3H3,(H,23,25)(H,24,27). The van der Waals surface area contributed by atoms with Crippen LogP contribution in [0.5, 0.6) is 0 Å². The second-order valence-electron chi connectivity index (χ2n) is 6.46. The van der Waals surface area contributed by atoms with Gasteiger partial charge in [-0.2, -0.15) is 0 Å². The van der Waals surface area contributed by atoms with Crippen molar-refractivity contribution in [3.05, 3.63) is 83.0 Å². The van der Waals surface area contributed by atoms with E-state index in [0.29, 0.717) is 22.6 Å². The number of benzene rings is 2. The van der Waals surface area contributed by atoms with Crippen LogP contribution in [-0.2, 0) is 0 Å². The summed E-state index contributed by atoms with van der Waals surface area (Å²) >= 11 is 0. The Kier molecular flexibility index (Phi) is 5.31. The lowest BCUT2D eigenvalue weighted by Crippen LogP contribution is -2.13. The first-order valence-electron chi connectivity index (χ1n) is 8.65. The molecular weight excluding hydrogens is 338 g/mol. The molecule has 1 aromatic heterocycles. The molecule has 136 valence electrons. The molecule has 0 spiro atoms. The summed E-state index contributed by atoms with van der Waals surface area (Å²) in [6, 6.07) is 16.4. The number of pyridine rings is 1. The molecule has 0 aliphatic carbocycles. The number of hydrogen-bond acceptors (Lipinski definition) is 4. The number of aromatic nitrogens is 1. The average molecular weight is 359 g/mol. The Morgan fingerprint density at radius 2 is 1.74 bits per heavy atom. The van der Waals surface area contributed by atoms with Crippen LogP contribution < -0.4 is 10.6 Å². The largest absolute Gasteiger partial charge is 0.340 e. The number of nitrogens with one attached hydrogen (secondary N) is 2. The van der Waals surface area contributed by atoms with Crippen LogP contribution >= 0.6 is 0 Å². The van der Waals surface area contributed by atoms with Gasteiger partial charge in [0.15, 0.2) is 5.78 Å². The van der Waals surface area contributed by atoms with Crippen molar-refractivity contribution >= 4 is 28.9 Å². The Morgan fingerprint density at radius 3 is 2.52 bits per heavy atom. The third kappa shape index (κ3) is 4.58. The Balaban J connectivity index is 1.78. The van der Waals surface area contributed by atoms with Crippen molar-refractivity contribution < 1.29 is 9.59 Å². The molecule has 0 unspecified atom stereocenters. The molecule has 0 saturated carbocycles. The minimum Gasteiger partial charge on any atom is -0.340 e. The van der Waals surface area contributed by atoms with Gasteiger partial charge in [0.05, 0.1) is 0 Å². The summed E-state index contributed by atoms with van der Waals surface area (Å²) in [5.74, 6) is 0.283. The van der Waals surface area contributed by atoms with Crippen molar-refractivity contribution in [1.29, 1.82) is 0 Å². The molecule has 0 saturated heterocycles. The number of carbonyl (C=O) groups is 2. The zero-order valence-electron chi connectivity index (χ0n) is 15.5. The first kappa shape index (κ1) is 18.3. The summed E-state index contributed by atoms with van der Waals surface area (Å²) < 4.78 is 0. The number of nitrogens with zero attached hydrogens (tertiary/aromatic N) is 1. The van der Waals surface area contributed by atoms with Crippen molar-refractivity contribution in [3.8, 4) is 0 Å². The first-order chi connectivity index (χ1) is 12.9.